The van der Waals surface area contributed by atoms with Crippen molar-refractivity contribution in [1.29, 1.82) is 0 Å². The Bertz CT molecular complexity index is 564. The van der Waals surface area contributed by atoms with Crippen molar-refractivity contribution < 1.29 is 13.5 Å². The number of rotatable bonds is 3. The average Bonchev–Trinajstić information content (AvgIpc) is 2.35. The SMILES string of the molecule is O=S(=O)(N[C@@H]1CCCC[C@H]1O)c1ccc(Cl)c(Br)c1. The maximum Gasteiger partial charge on any atom is 0.240 e. The Morgan fingerprint density at radius 3 is 2.63 bits per heavy atom. The van der Waals surface area contributed by atoms with Crippen molar-refractivity contribution in [3.05, 3.63) is 27.7 Å². The molecule has 0 saturated heterocycles. The third-order valence-electron chi connectivity index (χ3n) is 3.24. The Kier molecular flexibility index (Phi) is 4.89. The first-order valence-electron chi connectivity index (χ1n) is 6.05. The van der Waals surface area contributed by atoms with Crippen LogP contribution in [-0.2, 0) is 10.0 Å². The molecule has 0 heterocycles. The van der Waals surface area contributed by atoms with Crippen LogP contribution in [0.25, 0.3) is 0 Å². The summed E-state index contributed by atoms with van der Waals surface area (Å²) in [4.78, 5) is 0.140. The molecule has 0 aliphatic heterocycles. The summed E-state index contributed by atoms with van der Waals surface area (Å²) >= 11 is 9.05. The summed E-state index contributed by atoms with van der Waals surface area (Å²) in [5.41, 5.74) is 0. The second kappa shape index (κ2) is 6.10. The van der Waals surface area contributed by atoms with Gasteiger partial charge in [-0.25, -0.2) is 13.1 Å². The number of aliphatic hydroxyl groups is 1. The molecule has 2 atom stereocenters. The zero-order chi connectivity index (χ0) is 14.0. The second-order valence-corrected chi connectivity index (χ2v) is 7.63. The van der Waals surface area contributed by atoms with E-state index in [9.17, 15) is 13.5 Å². The van der Waals surface area contributed by atoms with Gasteiger partial charge >= 0.3 is 0 Å². The first-order chi connectivity index (χ1) is 8.90. The van der Waals surface area contributed by atoms with Gasteiger partial charge in [0.2, 0.25) is 10.0 Å². The number of benzene rings is 1. The van der Waals surface area contributed by atoms with Crippen molar-refractivity contribution in [2.45, 2.75) is 42.7 Å². The van der Waals surface area contributed by atoms with E-state index in [2.05, 4.69) is 20.7 Å². The lowest BCUT2D eigenvalue weighted by atomic mass is 9.93. The summed E-state index contributed by atoms with van der Waals surface area (Å²) in [5.74, 6) is 0. The molecule has 7 heteroatoms. The first-order valence-corrected chi connectivity index (χ1v) is 8.71. The van der Waals surface area contributed by atoms with Gasteiger partial charge in [-0.05, 0) is 47.0 Å². The molecule has 4 nitrogen and oxygen atoms in total. The van der Waals surface area contributed by atoms with E-state index >= 15 is 0 Å². The lowest BCUT2D eigenvalue weighted by molar-refractivity contribution is 0.101. The zero-order valence-corrected chi connectivity index (χ0v) is 13.3. The van der Waals surface area contributed by atoms with E-state index in [1.54, 1.807) is 0 Å². The standard InChI is InChI=1S/C12H15BrClNO3S/c13-9-7-8(5-6-10(9)14)19(17,18)15-11-3-1-2-4-12(11)16/h5-7,11-12,15-16H,1-4H2/t11-,12-/m1/s1. The van der Waals surface area contributed by atoms with Crippen LogP contribution in [-0.4, -0.2) is 25.7 Å². The van der Waals surface area contributed by atoms with Crippen LogP contribution >= 0.6 is 27.5 Å². The van der Waals surface area contributed by atoms with Gasteiger partial charge in [0.15, 0.2) is 0 Å². The molecule has 106 valence electrons. The Hall–Kier alpha value is -0.140. The van der Waals surface area contributed by atoms with Gasteiger partial charge in [-0.15, -0.1) is 0 Å². The van der Waals surface area contributed by atoms with Gasteiger partial charge in [0.1, 0.15) is 0 Å². The first kappa shape index (κ1) is 15.3. The van der Waals surface area contributed by atoms with E-state index < -0.39 is 22.2 Å². The lowest BCUT2D eigenvalue weighted by Crippen LogP contribution is -2.44. The molecule has 0 unspecified atom stereocenters. The van der Waals surface area contributed by atoms with Gasteiger partial charge in [-0.1, -0.05) is 24.4 Å². The maximum atomic E-state index is 12.2. The fourth-order valence-electron chi connectivity index (χ4n) is 2.16. The van der Waals surface area contributed by atoms with Crippen LogP contribution in [0.15, 0.2) is 27.6 Å². The fourth-order valence-corrected chi connectivity index (χ4v) is 4.14. The molecule has 2 N–H and O–H groups in total. The number of sulfonamides is 1. The minimum Gasteiger partial charge on any atom is -0.391 e. The van der Waals surface area contributed by atoms with Crippen LogP contribution < -0.4 is 4.72 Å². The molecule has 0 radical (unpaired) electrons. The lowest BCUT2D eigenvalue weighted by Gasteiger charge is -2.28. The van der Waals surface area contributed by atoms with Crippen molar-refractivity contribution in [1.82, 2.24) is 4.72 Å². The van der Waals surface area contributed by atoms with Gasteiger partial charge in [-0.3, -0.25) is 0 Å². The molecule has 1 aromatic carbocycles. The Labute approximate surface area is 126 Å². The van der Waals surface area contributed by atoms with Crippen molar-refractivity contribution in [3.63, 3.8) is 0 Å². The minimum absolute atomic E-state index is 0.140. The molecular formula is C12H15BrClNO3S. The molecule has 2 rings (SSSR count). The summed E-state index contributed by atoms with van der Waals surface area (Å²) in [6, 6.07) is 4.02. The van der Waals surface area contributed by atoms with E-state index in [1.165, 1.54) is 18.2 Å². The quantitative estimate of drug-likeness (QED) is 0.862. The summed E-state index contributed by atoms with van der Waals surface area (Å²) in [5, 5.41) is 10.3. The van der Waals surface area contributed by atoms with E-state index in [1.807, 2.05) is 0 Å². The number of aliphatic hydroxyl groups excluding tert-OH is 1. The van der Waals surface area contributed by atoms with E-state index in [0.717, 1.165) is 12.8 Å². The second-order valence-electron chi connectivity index (χ2n) is 4.66. The largest absolute Gasteiger partial charge is 0.391 e. The molecule has 0 aromatic heterocycles. The molecule has 1 saturated carbocycles. The van der Waals surface area contributed by atoms with Gasteiger partial charge in [0.25, 0.3) is 0 Å². The summed E-state index contributed by atoms with van der Waals surface area (Å²) in [6.07, 6.45) is 2.55. The molecule has 0 spiro atoms. The molecule has 1 aliphatic carbocycles. The van der Waals surface area contributed by atoms with Gasteiger partial charge < -0.3 is 5.11 Å². The predicted octanol–water partition coefficient (Wildman–Crippen LogP) is 2.68. The van der Waals surface area contributed by atoms with Crippen LogP contribution in [0.2, 0.25) is 5.02 Å². The summed E-state index contributed by atoms with van der Waals surface area (Å²) in [7, 11) is -3.63. The summed E-state index contributed by atoms with van der Waals surface area (Å²) in [6.45, 7) is 0. The van der Waals surface area contributed by atoms with Crippen molar-refractivity contribution >= 4 is 37.6 Å². The highest BCUT2D eigenvalue weighted by Crippen LogP contribution is 2.26. The van der Waals surface area contributed by atoms with E-state index in [-0.39, 0.29) is 4.90 Å². The van der Waals surface area contributed by atoms with Gasteiger partial charge in [0, 0.05) is 10.5 Å². The van der Waals surface area contributed by atoms with Crippen molar-refractivity contribution in [2.24, 2.45) is 0 Å². The highest BCUT2D eigenvalue weighted by molar-refractivity contribution is 9.10. The zero-order valence-electron chi connectivity index (χ0n) is 10.1. The number of hydrogen-bond acceptors (Lipinski definition) is 3. The average molecular weight is 369 g/mol. The number of nitrogens with one attached hydrogen (secondary N) is 1. The van der Waals surface area contributed by atoms with Crippen LogP contribution in [0.5, 0.6) is 0 Å². The van der Waals surface area contributed by atoms with Crippen LogP contribution in [0.4, 0.5) is 0 Å². The normalized spacial score (nSPS) is 24.4. The maximum absolute atomic E-state index is 12.2. The van der Waals surface area contributed by atoms with Crippen LogP contribution in [0.1, 0.15) is 25.7 Å². The topological polar surface area (TPSA) is 66.4 Å². The molecular weight excluding hydrogens is 354 g/mol. The van der Waals surface area contributed by atoms with Crippen molar-refractivity contribution in [3.8, 4) is 0 Å². The van der Waals surface area contributed by atoms with Gasteiger partial charge in [-0.2, -0.15) is 0 Å². The molecule has 1 fully saturated rings. The van der Waals surface area contributed by atoms with Crippen LogP contribution in [0.3, 0.4) is 0 Å². The smallest absolute Gasteiger partial charge is 0.240 e. The number of halogens is 2. The minimum atomic E-state index is -3.63. The Balaban J connectivity index is 2.19. The molecule has 19 heavy (non-hydrogen) atoms. The fraction of sp³-hybridized carbons (Fsp3) is 0.500. The molecule has 0 bridgehead atoms. The third-order valence-corrected chi connectivity index (χ3v) is 5.94. The molecule has 0 amide bonds. The monoisotopic (exact) mass is 367 g/mol. The molecule has 1 aliphatic rings. The third kappa shape index (κ3) is 3.70. The van der Waals surface area contributed by atoms with E-state index in [0.29, 0.717) is 22.3 Å². The Morgan fingerprint density at radius 2 is 2.00 bits per heavy atom. The van der Waals surface area contributed by atoms with E-state index in [4.69, 9.17) is 11.6 Å². The number of hydrogen-bond donors (Lipinski definition) is 2. The molecule has 1 aromatic rings. The van der Waals surface area contributed by atoms with Crippen LogP contribution in [0, 0.1) is 0 Å². The summed E-state index contributed by atoms with van der Waals surface area (Å²) < 4.78 is 27.5. The highest BCUT2D eigenvalue weighted by atomic mass is 79.9. The van der Waals surface area contributed by atoms with Gasteiger partial charge in [0.05, 0.1) is 16.0 Å². The Morgan fingerprint density at radius 1 is 1.32 bits per heavy atom. The van der Waals surface area contributed by atoms with Crippen molar-refractivity contribution in [2.75, 3.05) is 0 Å². The highest BCUT2D eigenvalue weighted by Gasteiger charge is 2.28. The predicted molar refractivity (Wildman–Crippen MR) is 77.7 cm³/mol.